The van der Waals surface area contributed by atoms with Crippen molar-refractivity contribution in [2.45, 2.75) is 64.8 Å². The van der Waals surface area contributed by atoms with Gasteiger partial charge in [-0.25, -0.2) is 8.42 Å². The molecule has 0 radical (unpaired) electrons. The first-order valence-electron chi connectivity index (χ1n) is 13.1. The summed E-state index contributed by atoms with van der Waals surface area (Å²) in [5.41, 5.74) is 2.85. The Morgan fingerprint density at radius 3 is 2.68 bits per heavy atom. The fourth-order valence-electron chi connectivity index (χ4n) is 5.15. The van der Waals surface area contributed by atoms with Gasteiger partial charge in [0.2, 0.25) is 0 Å². The number of rotatable bonds is 9. The molecule has 2 aliphatic rings. The molecule has 1 spiro atoms. The number of carbonyl (C=O) groups excluding carboxylic acids is 1. The Hall–Kier alpha value is -2.65. The van der Waals surface area contributed by atoms with E-state index in [2.05, 4.69) is 25.7 Å². The van der Waals surface area contributed by atoms with E-state index in [1.54, 1.807) is 31.2 Å². The number of aryl methyl sites for hydroxylation is 1. The van der Waals surface area contributed by atoms with Crippen molar-refractivity contribution in [2.75, 3.05) is 32.1 Å². The maximum atomic E-state index is 13.1. The minimum Gasteiger partial charge on any atom is -0.493 e. The number of nitrogens with one attached hydrogen (secondary N) is 1. The molecule has 1 fully saturated rings. The van der Waals surface area contributed by atoms with Gasteiger partial charge in [0, 0.05) is 37.3 Å². The number of nitrogens with zero attached hydrogens (tertiary/aromatic N) is 2. The van der Waals surface area contributed by atoms with Gasteiger partial charge in [0.25, 0.3) is 5.91 Å². The Morgan fingerprint density at radius 2 is 2.00 bits per heavy atom. The maximum absolute atomic E-state index is 13.1. The predicted molar refractivity (Wildman–Crippen MR) is 143 cm³/mol. The van der Waals surface area contributed by atoms with Crippen LogP contribution in [0.4, 0.5) is 0 Å². The number of aromatic nitrogens is 2. The highest BCUT2D eigenvalue weighted by Crippen LogP contribution is 2.38. The number of fused-ring (bicyclic) bond motifs is 1. The summed E-state index contributed by atoms with van der Waals surface area (Å²) in [6.45, 7) is 14.9. The van der Waals surface area contributed by atoms with Crippen molar-refractivity contribution < 1.29 is 22.7 Å². The summed E-state index contributed by atoms with van der Waals surface area (Å²) in [5, 5.41) is 8.04. The van der Waals surface area contributed by atoms with Crippen molar-refractivity contribution in [3.63, 3.8) is 0 Å². The van der Waals surface area contributed by atoms with Crippen LogP contribution in [0.2, 0.25) is 0 Å². The van der Waals surface area contributed by atoms with Gasteiger partial charge in [-0.05, 0) is 43.2 Å². The first kappa shape index (κ1) is 27.4. The topological polar surface area (TPSA) is 99.5 Å². The monoisotopic (exact) mass is 529 g/mol. The lowest BCUT2D eigenvalue weighted by atomic mass is 9.76. The van der Waals surface area contributed by atoms with Gasteiger partial charge in [-0.1, -0.05) is 46.4 Å². The van der Waals surface area contributed by atoms with E-state index in [4.69, 9.17) is 14.6 Å². The van der Waals surface area contributed by atoms with Crippen LogP contribution in [-0.4, -0.2) is 56.2 Å². The second-order valence-corrected chi connectivity index (χ2v) is 13.3. The fraction of sp³-hybridized carbons (Fsp3) is 0.571. The van der Waals surface area contributed by atoms with E-state index in [0.29, 0.717) is 50.7 Å². The molecule has 2 aromatic rings. The van der Waals surface area contributed by atoms with Crippen LogP contribution in [-0.2, 0) is 38.7 Å². The van der Waals surface area contributed by atoms with E-state index in [9.17, 15) is 13.2 Å². The molecule has 0 atom stereocenters. The summed E-state index contributed by atoms with van der Waals surface area (Å²) >= 11 is 0. The highest BCUT2D eigenvalue weighted by molar-refractivity contribution is 7.91. The molecule has 3 heterocycles. The molecular formula is C28H39N3O5S. The number of sulfone groups is 1. The summed E-state index contributed by atoms with van der Waals surface area (Å²) in [4.78, 5) is 13.4. The van der Waals surface area contributed by atoms with Crippen molar-refractivity contribution in [2.24, 2.45) is 10.8 Å². The molecule has 8 nitrogen and oxygen atoms in total. The average Bonchev–Trinajstić information content (AvgIpc) is 3.15. The number of ether oxygens (including phenoxy) is 2. The third-order valence-corrected chi connectivity index (χ3v) is 9.25. The second-order valence-electron chi connectivity index (χ2n) is 11.1. The minimum absolute atomic E-state index is 0.0132. The van der Waals surface area contributed by atoms with Crippen LogP contribution in [0, 0.1) is 10.8 Å². The van der Waals surface area contributed by atoms with Gasteiger partial charge in [-0.15, -0.1) is 0 Å². The molecule has 202 valence electrons. The lowest BCUT2D eigenvalue weighted by Gasteiger charge is -2.36. The van der Waals surface area contributed by atoms with Gasteiger partial charge in [0.05, 0.1) is 34.2 Å². The summed E-state index contributed by atoms with van der Waals surface area (Å²) < 4.78 is 38.3. The molecule has 9 heteroatoms. The third-order valence-electron chi connectivity index (χ3n) is 7.52. The van der Waals surface area contributed by atoms with Gasteiger partial charge in [-0.2, -0.15) is 5.10 Å². The van der Waals surface area contributed by atoms with E-state index in [0.717, 1.165) is 36.2 Å². The maximum Gasteiger partial charge on any atom is 0.255 e. The largest absolute Gasteiger partial charge is 0.493 e. The summed E-state index contributed by atoms with van der Waals surface area (Å²) in [7, 11) is -3.32. The van der Waals surface area contributed by atoms with Crippen molar-refractivity contribution >= 4 is 21.5 Å². The Labute approximate surface area is 220 Å². The van der Waals surface area contributed by atoms with Crippen molar-refractivity contribution in [1.82, 2.24) is 15.1 Å². The standard InChI is InChI=1S/C28H39N3O5S/c1-6-23-25-24(16-28(17-29-26(25)32)11-13-35-14-12-28)31(30-23)18-27(4,5)19-36-20(3)21-9-8-10-22(15-21)37(33,34)7-2/h8-10,15H,3,6-7,11-14,16-19H2,1-2,4-5H3,(H,29,32). The molecule has 1 N–H and O–H groups in total. The van der Waals surface area contributed by atoms with Crippen LogP contribution >= 0.6 is 0 Å². The van der Waals surface area contributed by atoms with E-state index >= 15 is 0 Å². The molecular weight excluding hydrogens is 490 g/mol. The van der Waals surface area contributed by atoms with Crippen molar-refractivity contribution in [1.29, 1.82) is 0 Å². The van der Waals surface area contributed by atoms with Crippen LogP contribution < -0.4 is 5.32 Å². The minimum atomic E-state index is -3.32. The highest BCUT2D eigenvalue weighted by atomic mass is 32.2. The Kier molecular flexibility index (Phi) is 7.85. The highest BCUT2D eigenvalue weighted by Gasteiger charge is 2.40. The lowest BCUT2D eigenvalue weighted by Crippen LogP contribution is -2.41. The molecule has 4 rings (SSSR count). The summed E-state index contributed by atoms with van der Waals surface area (Å²) in [5.74, 6) is 0.429. The molecule has 2 aliphatic heterocycles. The molecule has 0 unspecified atom stereocenters. The lowest BCUT2D eigenvalue weighted by molar-refractivity contribution is 0.0149. The van der Waals surface area contributed by atoms with E-state index in [-0.39, 0.29) is 27.4 Å². The summed E-state index contributed by atoms with van der Waals surface area (Å²) in [6, 6.07) is 6.72. The van der Waals surface area contributed by atoms with Gasteiger partial charge >= 0.3 is 0 Å². The SMILES string of the molecule is C=C(OCC(C)(C)Cn1nc(CC)c2c1CC1(CCOCC1)CNC2=O)c1cccc(S(=O)(=O)CC)c1. The van der Waals surface area contributed by atoms with Crippen molar-refractivity contribution in [3.8, 4) is 0 Å². The zero-order valence-corrected chi connectivity index (χ0v) is 23.2. The van der Waals surface area contributed by atoms with Crippen LogP contribution in [0.15, 0.2) is 35.7 Å². The quantitative estimate of drug-likeness (QED) is 0.493. The molecule has 1 amide bonds. The summed E-state index contributed by atoms with van der Waals surface area (Å²) in [6.07, 6.45) is 3.31. The molecule has 1 saturated heterocycles. The molecule has 1 aromatic heterocycles. The third kappa shape index (κ3) is 5.93. The smallest absolute Gasteiger partial charge is 0.255 e. The fourth-order valence-corrected chi connectivity index (χ4v) is 6.08. The Bertz CT molecular complexity index is 1270. The zero-order chi connectivity index (χ0) is 26.8. The number of hydrogen-bond donors (Lipinski definition) is 1. The van der Waals surface area contributed by atoms with Gasteiger partial charge in [0.15, 0.2) is 9.84 Å². The number of amides is 1. The first-order valence-corrected chi connectivity index (χ1v) is 14.7. The average molecular weight is 530 g/mol. The molecule has 0 bridgehead atoms. The molecule has 0 saturated carbocycles. The number of hydrogen-bond acceptors (Lipinski definition) is 6. The normalized spacial score (nSPS) is 17.7. The van der Waals surface area contributed by atoms with Gasteiger partial charge < -0.3 is 14.8 Å². The van der Waals surface area contributed by atoms with E-state index in [1.807, 2.05) is 11.6 Å². The van der Waals surface area contributed by atoms with Gasteiger partial charge in [-0.3, -0.25) is 9.48 Å². The van der Waals surface area contributed by atoms with Crippen LogP contribution in [0.1, 0.15) is 67.8 Å². The Morgan fingerprint density at radius 1 is 1.27 bits per heavy atom. The van der Waals surface area contributed by atoms with Crippen LogP contribution in [0.3, 0.4) is 0 Å². The van der Waals surface area contributed by atoms with Crippen LogP contribution in [0.25, 0.3) is 5.76 Å². The molecule has 1 aromatic carbocycles. The predicted octanol–water partition coefficient (Wildman–Crippen LogP) is 4.04. The zero-order valence-electron chi connectivity index (χ0n) is 22.4. The molecule has 37 heavy (non-hydrogen) atoms. The number of carbonyl (C=O) groups is 1. The molecule has 0 aliphatic carbocycles. The number of benzene rings is 1. The van der Waals surface area contributed by atoms with E-state index < -0.39 is 9.84 Å². The first-order chi connectivity index (χ1) is 17.5. The van der Waals surface area contributed by atoms with Crippen LogP contribution in [0.5, 0.6) is 0 Å². The Balaban J connectivity index is 1.53. The van der Waals surface area contributed by atoms with Crippen molar-refractivity contribution in [3.05, 3.63) is 53.4 Å². The second kappa shape index (κ2) is 10.6. The van der Waals surface area contributed by atoms with Gasteiger partial charge in [0.1, 0.15) is 5.76 Å². The van der Waals surface area contributed by atoms with E-state index in [1.165, 1.54) is 0 Å².